The van der Waals surface area contributed by atoms with Gasteiger partial charge in [0.2, 0.25) is 5.78 Å². The number of carbonyl (C=O) groups is 3. The number of benzene rings is 3. The molecule has 1 heterocycles. The number of nitrogens with one attached hydrogen (secondary N) is 1. The summed E-state index contributed by atoms with van der Waals surface area (Å²) in [4.78, 5) is 40.0. The van der Waals surface area contributed by atoms with Gasteiger partial charge in [-0.2, -0.15) is 0 Å². The molecule has 1 fully saturated rings. The van der Waals surface area contributed by atoms with E-state index in [1.165, 1.54) is 18.4 Å². The van der Waals surface area contributed by atoms with Crippen molar-refractivity contribution in [1.82, 2.24) is 10.2 Å². The number of Topliss-reactive ketones (excluding diaryl/α,β-unsaturated/α-hetero) is 1. The van der Waals surface area contributed by atoms with Crippen LogP contribution in [0.3, 0.4) is 0 Å². The first-order valence-corrected chi connectivity index (χ1v) is 14.4. The highest BCUT2D eigenvalue weighted by Crippen LogP contribution is 2.34. The molecule has 0 bridgehead atoms. The number of hydrogen-bond acceptors (Lipinski definition) is 4. The van der Waals surface area contributed by atoms with Crippen molar-refractivity contribution in [2.75, 3.05) is 13.1 Å². The summed E-state index contributed by atoms with van der Waals surface area (Å²) >= 11 is 0. The Morgan fingerprint density at radius 1 is 0.878 bits per heavy atom. The molecule has 214 valence electrons. The first kappa shape index (κ1) is 29.9. The zero-order valence-electron chi connectivity index (χ0n) is 24.3. The molecule has 1 aliphatic heterocycles. The highest BCUT2D eigenvalue weighted by Gasteiger charge is 2.29. The Morgan fingerprint density at radius 3 is 2.15 bits per heavy atom. The number of piperidine rings is 1. The predicted molar refractivity (Wildman–Crippen MR) is 165 cm³/mol. The first-order valence-electron chi connectivity index (χ1n) is 14.4. The van der Waals surface area contributed by atoms with E-state index in [1.54, 1.807) is 12.1 Å². The normalized spacial score (nSPS) is 15.5. The van der Waals surface area contributed by atoms with E-state index < -0.39 is 23.6 Å². The Kier molecular flexibility index (Phi) is 9.90. The fourth-order valence-electron chi connectivity index (χ4n) is 5.45. The first-order chi connectivity index (χ1) is 19.6. The topological polar surface area (TPSA) is 92.5 Å². The fraction of sp³-hybridized carbons (Fsp3) is 0.343. The maximum Gasteiger partial charge on any atom is 0.287 e. The maximum absolute atomic E-state index is 13.3. The second-order valence-electron chi connectivity index (χ2n) is 12.0. The second-order valence-corrected chi connectivity index (χ2v) is 12.0. The van der Waals surface area contributed by atoms with Gasteiger partial charge >= 0.3 is 0 Å². The average Bonchev–Trinajstić information content (AvgIpc) is 2.96. The molecule has 0 aliphatic carbocycles. The SMILES string of the molecule is CC(C)(C)C1CCN(Cc2ccc(C=Cc3ccccc3C(=O)NC(Cc3ccccc3)C(=O)C(N)=O)cc2)CC1. The third-order valence-corrected chi connectivity index (χ3v) is 8.01. The summed E-state index contributed by atoms with van der Waals surface area (Å²) < 4.78 is 0. The molecule has 0 radical (unpaired) electrons. The van der Waals surface area contributed by atoms with Crippen molar-refractivity contribution in [2.45, 2.75) is 52.6 Å². The van der Waals surface area contributed by atoms with Crippen LogP contribution >= 0.6 is 0 Å². The van der Waals surface area contributed by atoms with Gasteiger partial charge in [0.1, 0.15) is 6.04 Å². The van der Waals surface area contributed by atoms with Crippen LogP contribution in [0, 0.1) is 11.3 Å². The predicted octanol–water partition coefficient (Wildman–Crippen LogP) is 5.51. The molecule has 6 nitrogen and oxygen atoms in total. The standard InChI is InChI=1S/C35H41N3O3/c1-35(2,3)29-19-21-38(22-20-29)24-27-15-13-25(14-16-27)17-18-28-11-7-8-12-30(28)34(41)37-31(32(39)33(36)40)23-26-9-5-4-6-10-26/h4-18,29,31H,19-24H2,1-3H3,(H2,36,40)(H,37,41). The molecule has 3 aromatic carbocycles. The number of amides is 2. The minimum Gasteiger partial charge on any atom is -0.363 e. The summed E-state index contributed by atoms with van der Waals surface area (Å²) in [6.45, 7) is 10.3. The molecule has 1 unspecified atom stereocenters. The number of nitrogens with zero attached hydrogens (tertiary/aromatic N) is 1. The van der Waals surface area contributed by atoms with Crippen LogP contribution in [-0.4, -0.2) is 41.6 Å². The number of likely N-dealkylation sites (tertiary alicyclic amines) is 1. The number of carbonyl (C=O) groups excluding carboxylic acids is 3. The minimum atomic E-state index is -1.07. The van der Waals surface area contributed by atoms with Crippen LogP contribution in [0.5, 0.6) is 0 Å². The van der Waals surface area contributed by atoms with Crippen molar-refractivity contribution in [3.05, 3.63) is 107 Å². The van der Waals surface area contributed by atoms with Gasteiger partial charge in [0.15, 0.2) is 0 Å². The average molecular weight is 552 g/mol. The summed E-state index contributed by atoms with van der Waals surface area (Å²) in [7, 11) is 0. The van der Waals surface area contributed by atoms with Crippen molar-refractivity contribution < 1.29 is 14.4 Å². The van der Waals surface area contributed by atoms with E-state index in [1.807, 2.05) is 54.6 Å². The Labute approximate surface area is 243 Å². The Bertz CT molecular complexity index is 1370. The smallest absolute Gasteiger partial charge is 0.287 e. The highest BCUT2D eigenvalue weighted by molar-refractivity contribution is 6.38. The molecule has 0 spiro atoms. The Morgan fingerprint density at radius 2 is 1.51 bits per heavy atom. The number of primary amides is 1. The van der Waals surface area contributed by atoms with E-state index in [9.17, 15) is 14.4 Å². The Balaban J connectivity index is 1.40. The van der Waals surface area contributed by atoms with Crippen LogP contribution in [0.4, 0.5) is 0 Å². The van der Waals surface area contributed by atoms with Gasteiger partial charge in [-0.1, -0.05) is 106 Å². The van der Waals surface area contributed by atoms with Gasteiger partial charge in [-0.15, -0.1) is 0 Å². The van der Waals surface area contributed by atoms with Crippen LogP contribution in [0.25, 0.3) is 12.2 Å². The van der Waals surface area contributed by atoms with Crippen LogP contribution in [-0.2, 0) is 22.6 Å². The van der Waals surface area contributed by atoms with E-state index in [-0.39, 0.29) is 6.42 Å². The van der Waals surface area contributed by atoms with Gasteiger partial charge in [-0.05, 0) is 65.6 Å². The van der Waals surface area contributed by atoms with Crippen LogP contribution in [0.15, 0.2) is 78.9 Å². The number of hydrogen-bond donors (Lipinski definition) is 2. The van der Waals surface area contributed by atoms with E-state index in [0.29, 0.717) is 16.5 Å². The van der Waals surface area contributed by atoms with Gasteiger partial charge in [0.05, 0.1) is 0 Å². The number of nitrogens with two attached hydrogens (primary N) is 1. The summed E-state index contributed by atoms with van der Waals surface area (Å²) in [5.74, 6) is -1.55. The summed E-state index contributed by atoms with van der Waals surface area (Å²) in [6.07, 6.45) is 6.54. The van der Waals surface area contributed by atoms with Crippen molar-refractivity contribution in [2.24, 2.45) is 17.1 Å². The fourth-order valence-corrected chi connectivity index (χ4v) is 5.45. The third-order valence-electron chi connectivity index (χ3n) is 8.01. The van der Waals surface area contributed by atoms with E-state index in [4.69, 9.17) is 5.73 Å². The summed E-state index contributed by atoms with van der Waals surface area (Å²) in [6, 6.07) is 23.9. The lowest BCUT2D eigenvalue weighted by Crippen LogP contribution is -2.47. The monoisotopic (exact) mass is 551 g/mol. The lowest BCUT2D eigenvalue weighted by Gasteiger charge is -2.38. The van der Waals surface area contributed by atoms with Gasteiger partial charge in [0, 0.05) is 18.5 Å². The molecule has 1 saturated heterocycles. The molecule has 6 heteroatoms. The zero-order valence-corrected chi connectivity index (χ0v) is 24.3. The molecule has 0 saturated carbocycles. The van der Waals surface area contributed by atoms with Crippen molar-refractivity contribution >= 4 is 29.7 Å². The van der Waals surface area contributed by atoms with E-state index in [2.05, 4.69) is 55.3 Å². The molecule has 1 aliphatic rings. The summed E-state index contributed by atoms with van der Waals surface area (Å²) in [5.41, 5.74) is 9.92. The van der Waals surface area contributed by atoms with Gasteiger partial charge in [-0.3, -0.25) is 19.3 Å². The molecule has 3 N–H and O–H groups in total. The van der Waals surface area contributed by atoms with Gasteiger partial charge in [0.25, 0.3) is 11.8 Å². The number of rotatable bonds is 10. The van der Waals surface area contributed by atoms with E-state index >= 15 is 0 Å². The molecule has 3 aromatic rings. The third kappa shape index (κ3) is 8.48. The molecule has 4 rings (SSSR count). The van der Waals surface area contributed by atoms with Gasteiger partial charge in [-0.25, -0.2) is 0 Å². The molecule has 0 aromatic heterocycles. The van der Waals surface area contributed by atoms with Crippen molar-refractivity contribution in [3.63, 3.8) is 0 Å². The van der Waals surface area contributed by atoms with Crippen molar-refractivity contribution in [3.8, 4) is 0 Å². The van der Waals surface area contributed by atoms with Gasteiger partial charge < -0.3 is 11.1 Å². The van der Waals surface area contributed by atoms with Crippen molar-refractivity contribution in [1.29, 1.82) is 0 Å². The largest absolute Gasteiger partial charge is 0.363 e. The molecular formula is C35H41N3O3. The molecule has 2 amide bonds. The summed E-state index contributed by atoms with van der Waals surface area (Å²) in [5, 5.41) is 2.73. The minimum absolute atomic E-state index is 0.174. The second kappa shape index (κ2) is 13.6. The maximum atomic E-state index is 13.3. The highest BCUT2D eigenvalue weighted by atomic mass is 16.2. The number of ketones is 1. The van der Waals surface area contributed by atoms with Crippen LogP contribution in [0.1, 0.15) is 66.2 Å². The van der Waals surface area contributed by atoms with E-state index in [0.717, 1.165) is 36.7 Å². The van der Waals surface area contributed by atoms with Crippen LogP contribution < -0.4 is 11.1 Å². The lowest BCUT2D eigenvalue weighted by atomic mass is 9.75. The quantitative estimate of drug-likeness (QED) is 0.257. The molecule has 1 atom stereocenters. The zero-order chi connectivity index (χ0) is 29.4. The lowest BCUT2D eigenvalue weighted by molar-refractivity contribution is -0.137. The van der Waals surface area contributed by atoms with Crippen LogP contribution in [0.2, 0.25) is 0 Å². The Hall–Kier alpha value is -4.03. The molecular weight excluding hydrogens is 510 g/mol. The molecule has 41 heavy (non-hydrogen) atoms.